The summed E-state index contributed by atoms with van der Waals surface area (Å²) in [4.78, 5) is 12.0. The van der Waals surface area contributed by atoms with E-state index in [0.29, 0.717) is 12.6 Å². The molecule has 0 bridgehead atoms. The summed E-state index contributed by atoms with van der Waals surface area (Å²) < 4.78 is 7.18. The molecule has 1 aromatic heterocycles. The lowest BCUT2D eigenvalue weighted by Crippen LogP contribution is -2.52. The van der Waals surface area contributed by atoms with Gasteiger partial charge in [0, 0.05) is 31.7 Å². The van der Waals surface area contributed by atoms with Crippen LogP contribution in [-0.4, -0.2) is 71.5 Å². The molecule has 3 unspecified atom stereocenters. The van der Waals surface area contributed by atoms with Crippen LogP contribution in [0, 0.1) is 5.92 Å². The lowest BCUT2D eigenvalue weighted by Gasteiger charge is -2.44. The van der Waals surface area contributed by atoms with Crippen LogP contribution >= 0.6 is 24.0 Å². The molecule has 3 atom stereocenters. The van der Waals surface area contributed by atoms with Gasteiger partial charge in [-0.3, -0.25) is 4.99 Å². The van der Waals surface area contributed by atoms with Crippen LogP contribution in [0.1, 0.15) is 57.6 Å². The monoisotopic (exact) mass is 533 g/mol. The van der Waals surface area contributed by atoms with Crippen molar-refractivity contribution in [1.82, 2.24) is 30.3 Å². The summed E-state index contributed by atoms with van der Waals surface area (Å²) in [5, 5.41) is 11.7. The number of aliphatic imine (C=N–C) groups is 1. The molecule has 1 fully saturated rings. The fourth-order valence-electron chi connectivity index (χ4n) is 4.73. The second-order valence-electron chi connectivity index (χ2n) is 8.95. The average molecular weight is 534 g/mol. The Kier molecular flexibility index (Phi) is 9.80. The number of nitrogens with one attached hydrogen (secondary N) is 2. The summed E-state index contributed by atoms with van der Waals surface area (Å²) in [6.07, 6.45) is 7.03. The third-order valence-corrected chi connectivity index (χ3v) is 6.41. The molecule has 172 valence electrons. The SMILES string of the molecule is CCNC(=NCC1(N(C)C)CCCC(C)C1)NC1CCc2nc(COC)nn2C1.I. The van der Waals surface area contributed by atoms with Gasteiger partial charge in [-0.2, -0.15) is 5.10 Å². The van der Waals surface area contributed by atoms with Gasteiger partial charge in [0.05, 0.1) is 13.1 Å². The van der Waals surface area contributed by atoms with Crippen LogP contribution in [0.4, 0.5) is 0 Å². The second-order valence-corrected chi connectivity index (χ2v) is 8.95. The van der Waals surface area contributed by atoms with Crippen molar-refractivity contribution in [3.05, 3.63) is 11.6 Å². The zero-order chi connectivity index (χ0) is 20.9. The number of ether oxygens (including phenoxy) is 1. The van der Waals surface area contributed by atoms with Crippen molar-refractivity contribution >= 4 is 29.9 Å². The highest BCUT2D eigenvalue weighted by Crippen LogP contribution is 2.35. The minimum Gasteiger partial charge on any atom is -0.377 e. The van der Waals surface area contributed by atoms with E-state index in [1.807, 2.05) is 4.68 Å². The van der Waals surface area contributed by atoms with Gasteiger partial charge in [-0.25, -0.2) is 9.67 Å². The largest absolute Gasteiger partial charge is 0.377 e. The maximum Gasteiger partial charge on any atom is 0.191 e. The highest BCUT2D eigenvalue weighted by Gasteiger charge is 2.37. The summed E-state index contributed by atoms with van der Waals surface area (Å²) in [6.45, 7) is 7.46. The summed E-state index contributed by atoms with van der Waals surface area (Å²) >= 11 is 0. The Balaban J connectivity index is 0.00000320. The molecular formula is C21H40IN7O. The number of likely N-dealkylation sites (N-methyl/N-ethyl adjacent to an activating group) is 1. The number of fused-ring (bicyclic) bond motifs is 1. The highest BCUT2D eigenvalue weighted by molar-refractivity contribution is 14.0. The molecule has 1 aliphatic carbocycles. The molecule has 2 heterocycles. The molecule has 2 aliphatic rings. The van der Waals surface area contributed by atoms with Crippen LogP contribution in [0.3, 0.4) is 0 Å². The van der Waals surface area contributed by atoms with Crippen LogP contribution in [0.15, 0.2) is 4.99 Å². The van der Waals surface area contributed by atoms with Crippen molar-refractivity contribution in [2.24, 2.45) is 10.9 Å². The summed E-state index contributed by atoms with van der Waals surface area (Å²) in [5.41, 5.74) is 0.167. The Hall–Kier alpha value is -0.940. The number of hydrogen-bond donors (Lipinski definition) is 2. The number of hydrogen-bond acceptors (Lipinski definition) is 5. The van der Waals surface area contributed by atoms with Gasteiger partial charge in [0.25, 0.3) is 0 Å². The lowest BCUT2D eigenvalue weighted by molar-refractivity contribution is 0.0844. The van der Waals surface area contributed by atoms with E-state index in [1.54, 1.807) is 7.11 Å². The zero-order valence-electron chi connectivity index (χ0n) is 19.3. The topological polar surface area (TPSA) is 79.6 Å². The minimum atomic E-state index is 0. The van der Waals surface area contributed by atoms with Gasteiger partial charge in [-0.1, -0.05) is 19.8 Å². The molecule has 0 aromatic carbocycles. The maximum atomic E-state index is 5.17. The highest BCUT2D eigenvalue weighted by atomic mass is 127. The molecule has 3 rings (SSSR count). The number of halogens is 1. The Morgan fingerprint density at radius 1 is 1.37 bits per heavy atom. The first-order valence-corrected chi connectivity index (χ1v) is 11.1. The van der Waals surface area contributed by atoms with Gasteiger partial charge in [-0.15, -0.1) is 24.0 Å². The Morgan fingerprint density at radius 3 is 2.83 bits per heavy atom. The van der Waals surface area contributed by atoms with Gasteiger partial charge >= 0.3 is 0 Å². The van der Waals surface area contributed by atoms with Crippen molar-refractivity contribution in [3.8, 4) is 0 Å². The number of rotatable bonds is 7. The van der Waals surface area contributed by atoms with E-state index >= 15 is 0 Å². The van der Waals surface area contributed by atoms with E-state index in [4.69, 9.17) is 9.73 Å². The number of aromatic nitrogens is 3. The van der Waals surface area contributed by atoms with E-state index in [1.165, 1.54) is 25.7 Å². The number of guanidine groups is 1. The molecule has 0 saturated heterocycles. The Morgan fingerprint density at radius 2 is 2.17 bits per heavy atom. The third-order valence-electron chi connectivity index (χ3n) is 6.41. The van der Waals surface area contributed by atoms with E-state index in [-0.39, 0.29) is 29.5 Å². The van der Waals surface area contributed by atoms with Gasteiger partial charge in [-0.05, 0) is 46.2 Å². The first-order valence-electron chi connectivity index (χ1n) is 11.1. The number of aryl methyl sites for hydroxylation is 1. The molecule has 1 aromatic rings. The molecule has 1 saturated carbocycles. The van der Waals surface area contributed by atoms with E-state index in [9.17, 15) is 0 Å². The predicted molar refractivity (Wildman–Crippen MR) is 131 cm³/mol. The first kappa shape index (κ1) is 25.3. The van der Waals surface area contributed by atoms with Crippen molar-refractivity contribution in [2.75, 3.05) is 34.3 Å². The van der Waals surface area contributed by atoms with Crippen molar-refractivity contribution in [2.45, 2.75) is 77.1 Å². The van der Waals surface area contributed by atoms with Gasteiger partial charge < -0.3 is 20.3 Å². The number of nitrogens with zero attached hydrogens (tertiary/aromatic N) is 5. The second kappa shape index (κ2) is 11.6. The minimum absolute atomic E-state index is 0. The fourth-order valence-corrected chi connectivity index (χ4v) is 4.73. The maximum absolute atomic E-state index is 5.17. The standard InChI is InChI=1S/C21H39N7O.HI/c1-6-22-20(23-15-21(27(3)4)11-7-8-16(2)12-21)24-17-9-10-19-25-18(14-29-5)26-28(19)13-17;/h16-17H,6-15H2,1-5H3,(H2,22,23,24);1H. The van der Waals surface area contributed by atoms with Crippen LogP contribution in [-0.2, 0) is 24.3 Å². The Labute approximate surface area is 198 Å². The van der Waals surface area contributed by atoms with Crippen molar-refractivity contribution < 1.29 is 4.74 Å². The molecule has 8 nitrogen and oxygen atoms in total. The van der Waals surface area contributed by atoms with Crippen LogP contribution in [0.25, 0.3) is 0 Å². The summed E-state index contributed by atoms with van der Waals surface area (Å²) in [6, 6.07) is 0.304. The molecule has 9 heteroatoms. The molecule has 0 amide bonds. The molecule has 30 heavy (non-hydrogen) atoms. The Bertz CT molecular complexity index is 693. The van der Waals surface area contributed by atoms with Gasteiger partial charge in [0.15, 0.2) is 11.8 Å². The number of methoxy groups -OCH3 is 1. The average Bonchev–Trinajstić information content (AvgIpc) is 3.08. The smallest absolute Gasteiger partial charge is 0.191 e. The molecule has 2 N–H and O–H groups in total. The molecule has 0 radical (unpaired) electrons. The summed E-state index contributed by atoms with van der Waals surface area (Å²) in [7, 11) is 6.09. The van der Waals surface area contributed by atoms with Crippen LogP contribution in [0.5, 0.6) is 0 Å². The van der Waals surface area contributed by atoms with Crippen LogP contribution in [0.2, 0.25) is 0 Å². The quantitative estimate of drug-likeness (QED) is 0.319. The first-order chi connectivity index (χ1) is 14.0. The van der Waals surface area contributed by atoms with Crippen LogP contribution < -0.4 is 10.6 Å². The normalized spacial score (nSPS) is 26.8. The van der Waals surface area contributed by atoms with Crippen molar-refractivity contribution in [3.63, 3.8) is 0 Å². The zero-order valence-corrected chi connectivity index (χ0v) is 21.6. The van der Waals surface area contributed by atoms with Crippen molar-refractivity contribution in [1.29, 1.82) is 0 Å². The molecular weight excluding hydrogens is 493 g/mol. The van der Waals surface area contributed by atoms with Gasteiger partial charge in [0.2, 0.25) is 0 Å². The lowest BCUT2D eigenvalue weighted by atomic mass is 9.75. The molecule has 1 aliphatic heterocycles. The van der Waals surface area contributed by atoms with E-state index < -0.39 is 0 Å². The van der Waals surface area contributed by atoms with E-state index in [0.717, 1.165) is 56.0 Å². The van der Waals surface area contributed by atoms with E-state index in [2.05, 4.69) is 53.6 Å². The fraction of sp³-hybridized carbons (Fsp3) is 0.857. The molecule has 0 spiro atoms. The third kappa shape index (κ3) is 6.29. The summed E-state index contributed by atoms with van der Waals surface area (Å²) in [5.74, 6) is 3.50. The van der Waals surface area contributed by atoms with Gasteiger partial charge in [0.1, 0.15) is 12.4 Å². The predicted octanol–water partition coefficient (Wildman–Crippen LogP) is 2.42.